The van der Waals surface area contributed by atoms with Gasteiger partial charge in [0.05, 0.1) is 10.7 Å². The van der Waals surface area contributed by atoms with E-state index >= 15 is 0 Å². The van der Waals surface area contributed by atoms with Gasteiger partial charge < -0.3 is 15.5 Å². The van der Waals surface area contributed by atoms with Crippen LogP contribution in [0.5, 0.6) is 5.75 Å². The molecule has 0 spiro atoms. The lowest BCUT2D eigenvalue weighted by atomic mass is 10.0. The number of pyridine rings is 1. The van der Waals surface area contributed by atoms with Crippen molar-refractivity contribution in [1.82, 2.24) is 14.4 Å². The molecule has 0 bridgehead atoms. The lowest BCUT2D eigenvalue weighted by Gasteiger charge is -2.14. The topological polar surface area (TPSA) is 68.3 Å². The number of H-pyrrole nitrogens is 1. The second-order valence-corrected chi connectivity index (χ2v) is 7.84. The van der Waals surface area contributed by atoms with E-state index in [2.05, 4.69) is 25.9 Å². The summed E-state index contributed by atoms with van der Waals surface area (Å²) in [4.78, 5) is 7.70. The lowest BCUT2D eigenvalue weighted by Crippen LogP contribution is -2.02. The highest BCUT2D eigenvalue weighted by Crippen LogP contribution is 2.37. The number of halogens is 3. The van der Waals surface area contributed by atoms with Crippen molar-refractivity contribution in [3.05, 3.63) is 74.3 Å². The fourth-order valence-electron chi connectivity index (χ4n) is 3.15. The summed E-state index contributed by atoms with van der Waals surface area (Å²) in [5.74, 6) is 0.651. The molecule has 0 radical (unpaired) electrons. The van der Waals surface area contributed by atoms with Crippen LogP contribution in [0.3, 0.4) is 0 Å². The highest BCUT2D eigenvalue weighted by molar-refractivity contribution is 9.10. The minimum Gasteiger partial charge on any atom is -0.485 e. The number of aryl methyl sites for hydroxylation is 1. The molecule has 0 unspecified atom stereocenters. The van der Waals surface area contributed by atoms with Gasteiger partial charge in [0.25, 0.3) is 0 Å². The largest absolute Gasteiger partial charge is 0.485 e. The van der Waals surface area contributed by atoms with Crippen LogP contribution in [0.4, 0.5) is 0 Å². The molecule has 0 fully saturated rings. The Kier molecular flexibility index (Phi) is 5.38. The van der Waals surface area contributed by atoms with Crippen LogP contribution in [0.15, 0.2) is 47.3 Å². The van der Waals surface area contributed by atoms with Gasteiger partial charge in [0.15, 0.2) is 11.4 Å². The molecule has 4 rings (SSSR count). The van der Waals surface area contributed by atoms with E-state index in [-0.39, 0.29) is 6.61 Å². The van der Waals surface area contributed by atoms with Crippen molar-refractivity contribution >= 4 is 44.8 Å². The fraction of sp³-hybridized carbons (Fsp3) is 0.150. The Balaban J connectivity index is 1.70. The maximum absolute atomic E-state index is 6.70. The Morgan fingerprint density at radius 3 is 2.82 bits per heavy atom. The van der Waals surface area contributed by atoms with Gasteiger partial charge >= 0.3 is 0 Å². The molecular formula is C20H17BrCl2N4O. The number of imidazole rings is 1. The summed E-state index contributed by atoms with van der Waals surface area (Å²) in [7, 11) is 0. The highest BCUT2D eigenvalue weighted by atomic mass is 79.9. The SMILES string of the molecule is Cc1nc2c(OCc3c(Cl)ccc(-c4cc[nH]c4CN)c3Cl)cccn2c1Br. The number of nitrogens with one attached hydrogen (secondary N) is 1. The van der Waals surface area contributed by atoms with Crippen molar-refractivity contribution in [3.63, 3.8) is 0 Å². The van der Waals surface area contributed by atoms with E-state index < -0.39 is 0 Å². The van der Waals surface area contributed by atoms with E-state index in [0.29, 0.717) is 27.9 Å². The van der Waals surface area contributed by atoms with E-state index in [1.807, 2.05) is 54.0 Å². The summed E-state index contributed by atoms with van der Waals surface area (Å²) in [6.45, 7) is 2.55. The van der Waals surface area contributed by atoms with Crippen molar-refractivity contribution in [2.45, 2.75) is 20.1 Å². The number of nitrogens with two attached hydrogens (primary N) is 1. The Bertz CT molecular complexity index is 1170. The van der Waals surface area contributed by atoms with Gasteiger partial charge in [-0.3, -0.25) is 4.40 Å². The zero-order valence-corrected chi connectivity index (χ0v) is 18.1. The third kappa shape index (κ3) is 3.31. The molecule has 28 heavy (non-hydrogen) atoms. The van der Waals surface area contributed by atoms with E-state index in [1.54, 1.807) is 0 Å². The number of ether oxygens (including phenoxy) is 1. The molecule has 144 valence electrons. The Morgan fingerprint density at radius 1 is 1.21 bits per heavy atom. The van der Waals surface area contributed by atoms with Gasteiger partial charge in [0.2, 0.25) is 0 Å². The van der Waals surface area contributed by atoms with E-state index in [0.717, 1.165) is 32.8 Å². The summed E-state index contributed by atoms with van der Waals surface area (Å²) in [5, 5.41) is 1.10. The lowest BCUT2D eigenvalue weighted by molar-refractivity contribution is 0.308. The molecule has 0 saturated carbocycles. The molecule has 1 aromatic carbocycles. The molecule has 0 saturated heterocycles. The van der Waals surface area contributed by atoms with Crippen molar-refractivity contribution < 1.29 is 4.74 Å². The van der Waals surface area contributed by atoms with Crippen molar-refractivity contribution in [2.75, 3.05) is 0 Å². The minimum absolute atomic E-state index is 0.219. The molecule has 3 aromatic heterocycles. The normalized spacial score (nSPS) is 11.3. The van der Waals surface area contributed by atoms with Crippen LogP contribution in [-0.4, -0.2) is 14.4 Å². The molecule has 3 N–H and O–H groups in total. The first-order valence-electron chi connectivity index (χ1n) is 8.60. The first-order chi connectivity index (χ1) is 13.5. The average molecular weight is 480 g/mol. The zero-order valence-electron chi connectivity index (χ0n) is 15.0. The van der Waals surface area contributed by atoms with Crippen LogP contribution in [-0.2, 0) is 13.2 Å². The Morgan fingerprint density at radius 2 is 2.04 bits per heavy atom. The first kappa shape index (κ1) is 19.3. The fourth-order valence-corrected chi connectivity index (χ4v) is 4.11. The number of rotatable bonds is 5. The summed E-state index contributed by atoms with van der Waals surface area (Å²) in [5.41, 5.74) is 10.9. The third-order valence-corrected chi connectivity index (χ3v) is 6.34. The highest BCUT2D eigenvalue weighted by Gasteiger charge is 2.17. The Labute approximate surface area is 180 Å². The second kappa shape index (κ2) is 7.79. The van der Waals surface area contributed by atoms with Gasteiger partial charge in [-0.15, -0.1) is 0 Å². The van der Waals surface area contributed by atoms with Gasteiger partial charge in [0.1, 0.15) is 11.2 Å². The molecule has 5 nitrogen and oxygen atoms in total. The summed E-state index contributed by atoms with van der Waals surface area (Å²) in [6, 6.07) is 9.45. The molecule has 0 aliphatic carbocycles. The monoisotopic (exact) mass is 478 g/mol. The minimum atomic E-state index is 0.219. The standard InChI is InChI=1S/C20H17BrCl2N4O/c1-11-19(21)27-8-2-3-17(20(27)26-11)28-10-14-15(22)5-4-13(18(14)23)12-6-7-25-16(12)9-24/h2-8,25H,9-10,24H2,1H3. The second-order valence-electron chi connectivity index (χ2n) is 6.30. The Hall–Kier alpha value is -1.99. The molecular weight excluding hydrogens is 463 g/mol. The molecule has 4 aromatic rings. The van der Waals surface area contributed by atoms with Gasteiger partial charge in [-0.05, 0) is 47.1 Å². The quantitative estimate of drug-likeness (QED) is 0.383. The number of aromatic amines is 1. The van der Waals surface area contributed by atoms with Gasteiger partial charge in [-0.25, -0.2) is 4.98 Å². The van der Waals surface area contributed by atoms with Crippen LogP contribution >= 0.6 is 39.1 Å². The number of aromatic nitrogens is 3. The number of hydrogen-bond donors (Lipinski definition) is 2. The molecule has 3 heterocycles. The maximum Gasteiger partial charge on any atom is 0.180 e. The van der Waals surface area contributed by atoms with E-state index in [1.165, 1.54) is 0 Å². The van der Waals surface area contributed by atoms with Crippen molar-refractivity contribution in [1.29, 1.82) is 0 Å². The number of nitrogens with zero attached hydrogens (tertiary/aromatic N) is 2. The number of fused-ring (bicyclic) bond motifs is 1. The van der Waals surface area contributed by atoms with Crippen molar-refractivity contribution in [3.8, 4) is 16.9 Å². The summed E-state index contributed by atoms with van der Waals surface area (Å²) in [6.07, 6.45) is 3.77. The van der Waals surface area contributed by atoms with Crippen LogP contribution in [0.25, 0.3) is 16.8 Å². The van der Waals surface area contributed by atoms with E-state index in [9.17, 15) is 0 Å². The predicted octanol–water partition coefficient (Wildman–Crippen LogP) is 5.74. The average Bonchev–Trinajstić information content (AvgIpc) is 3.27. The van der Waals surface area contributed by atoms with Gasteiger partial charge in [-0.2, -0.15) is 0 Å². The van der Waals surface area contributed by atoms with Crippen LogP contribution in [0.1, 0.15) is 17.0 Å². The molecule has 0 aliphatic heterocycles. The molecule has 8 heteroatoms. The van der Waals surface area contributed by atoms with Crippen LogP contribution in [0, 0.1) is 6.92 Å². The van der Waals surface area contributed by atoms with Crippen molar-refractivity contribution in [2.24, 2.45) is 5.73 Å². The maximum atomic E-state index is 6.70. The first-order valence-corrected chi connectivity index (χ1v) is 10.2. The van der Waals surface area contributed by atoms with Gasteiger partial charge in [0, 0.05) is 46.3 Å². The molecule has 0 atom stereocenters. The van der Waals surface area contributed by atoms with E-state index in [4.69, 9.17) is 33.7 Å². The molecule has 0 amide bonds. The molecule has 0 aliphatic rings. The predicted molar refractivity (Wildman–Crippen MR) is 116 cm³/mol. The van der Waals surface area contributed by atoms with Crippen LogP contribution < -0.4 is 10.5 Å². The van der Waals surface area contributed by atoms with Gasteiger partial charge in [-0.1, -0.05) is 29.3 Å². The number of benzene rings is 1. The third-order valence-electron chi connectivity index (χ3n) is 4.60. The zero-order chi connectivity index (χ0) is 19.8. The van der Waals surface area contributed by atoms with Crippen LogP contribution in [0.2, 0.25) is 10.0 Å². The summed E-state index contributed by atoms with van der Waals surface area (Å²) >= 11 is 16.7. The number of hydrogen-bond acceptors (Lipinski definition) is 3. The smallest absolute Gasteiger partial charge is 0.180 e. The summed E-state index contributed by atoms with van der Waals surface area (Å²) < 4.78 is 8.88.